The second kappa shape index (κ2) is 6.32. The van der Waals surface area contributed by atoms with Crippen molar-refractivity contribution in [3.63, 3.8) is 0 Å². The van der Waals surface area contributed by atoms with Crippen LogP contribution in [0.5, 0.6) is 5.75 Å². The van der Waals surface area contributed by atoms with Crippen molar-refractivity contribution in [3.8, 4) is 5.75 Å². The highest BCUT2D eigenvalue weighted by molar-refractivity contribution is 6.65. The minimum atomic E-state index is -0.376. The van der Waals surface area contributed by atoms with E-state index in [1.54, 1.807) is 12.1 Å². The minimum Gasteiger partial charge on any atom is -0.486 e. The van der Waals surface area contributed by atoms with Crippen molar-refractivity contribution in [2.24, 2.45) is 5.10 Å². The number of nitrogens with one attached hydrogen (secondary N) is 1. The van der Waals surface area contributed by atoms with Gasteiger partial charge in [0.05, 0.1) is 5.69 Å². The van der Waals surface area contributed by atoms with Gasteiger partial charge in [0.2, 0.25) is 0 Å². The van der Waals surface area contributed by atoms with Gasteiger partial charge in [-0.05, 0) is 32.9 Å². The highest BCUT2D eigenvalue weighted by Gasteiger charge is 2.15. The maximum Gasteiger partial charge on any atom is 0.183 e. The van der Waals surface area contributed by atoms with E-state index in [-0.39, 0.29) is 22.9 Å². The molecule has 1 N–H and O–H groups in total. The highest BCUT2D eigenvalue weighted by atomic mass is 16.5. The third kappa shape index (κ3) is 4.84. The van der Waals surface area contributed by atoms with Crippen molar-refractivity contribution in [1.29, 1.82) is 0 Å². The van der Waals surface area contributed by atoms with E-state index >= 15 is 0 Å². The molecule has 0 unspecified atom stereocenters. The molecule has 0 heterocycles. The number of hydrogen-bond donors (Lipinski definition) is 1. The number of ketones is 2. The molecule has 0 aromatic heterocycles. The highest BCUT2D eigenvalue weighted by Crippen LogP contribution is 2.27. The number of Topliss-reactive ketones (excluding diaryl/α,β-unsaturated/α-hetero) is 2. The number of carbonyl (C=O) groups is 2. The first-order valence-corrected chi connectivity index (χ1v) is 6.34. The molecule has 108 valence electrons. The van der Waals surface area contributed by atoms with E-state index in [4.69, 9.17) is 4.74 Å². The van der Waals surface area contributed by atoms with Crippen molar-refractivity contribution >= 4 is 23.0 Å². The normalized spacial score (nSPS) is 10.7. The van der Waals surface area contributed by atoms with Gasteiger partial charge in [-0.2, -0.15) is 5.10 Å². The number of benzene rings is 1. The molecule has 5 nitrogen and oxygen atoms in total. The van der Waals surface area contributed by atoms with Crippen molar-refractivity contribution < 1.29 is 14.3 Å². The first kappa shape index (κ1) is 15.9. The molecule has 0 saturated carbocycles. The van der Waals surface area contributed by atoms with Gasteiger partial charge in [-0.15, -0.1) is 0 Å². The summed E-state index contributed by atoms with van der Waals surface area (Å²) in [5, 5.41) is 3.87. The standard InChI is InChI=1S/C15H20N2O3/c1-10(18)14(11(2)19)17-16-12-8-6-7-9-13(12)20-15(3,4)5/h6-9,16H,1-5H3. The quantitative estimate of drug-likeness (QED) is 0.510. The van der Waals surface area contributed by atoms with E-state index in [0.29, 0.717) is 11.4 Å². The van der Waals surface area contributed by atoms with Crippen LogP contribution in [0, 0.1) is 0 Å². The molecule has 0 spiro atoms. The molecule has 0 amide bonds. The maximum absolute atomic E-state index is 11.3. The molecule has 1 aromatic rings. The van der Waals surface area contributed by atoms with E-state index in [9.17, 15) is 9.59 Å². The number of ether oxygens (including phenoxy) is 1. The summed E-state index contributed by atoms with van der Waals surface area (Å²) in [5.41, 5.74) is 2.85. The van der Waals surface area contributed by atoms with Crippen LogP contribution in [0.4, 0.5) is 5.69 Å². The zero-order chi connectivity index (χ0) is 15.3. The molecule has 0 aliphatic heterocycles. The Kier molecular flexibility index (Phi) is 5.02. The van der Waals surface area contributed by atoms with Crippen LogP contribution in [-0.4, -0.2) is 22.9 Å². The van der Waals surface area contributed by atoms with Crippen LogP contribution in [0.3, 0.4) is 0 Å². The van der Waals surface area contributed by atoms with Crippen LogP contribution in [0.25, 0.3) is 0 Å². The average Bonchev–Trinajstić information content (AvgIpc) is 2.28. The van der Waals surface area contributed by atoms with Crippen LogP contribution in [-0.2, 0) is 9.59 Å². The lowest BCUT2D eigenvalue weighted by Gasteiger charge is -2.22. The fourth-order valence-corrected chi connectivity index (χ4v) is 1.50. The Hall–Kier alpha value is -2.17. The van der Waals surface area contributed by atoms with Gasteiger partial charge in [0, 0.05) is 13.8 Å². The smallest absolute Gasteiger partial charge is 0.183 e. The summed E-state index contributed by atoms with van der Waals surface area (Å²) in [6.07, 6.45) is 0. The number of carbonyl (C=O) groups excluding carboxylic acids is 2. The van der Waals surface area contributed by atoms with Crippen LogP contribution >= 0.6 is 0 Å². The van der Waals surface area contributed by atoms with E-state index in [2.05, 4.69) is 10.5 Å². The number of anilines is 1. The molecule has 0 saturated heterocycles. The first-order valence-electron chi connectivity index (χ1n) is 6.34. The zero-order valence-electron chi connectivity index (χ0n) is 12.5. The molecule has 5 heteroatoms. The van der Waals surface area contributed by atoms with E-state index in [1.165, 1.54) is 13.8 Å². The predicted octanol–water partition coefficient (Wildman–Crippen LogP) is 2.81. The molecular weight excluding hydrogens is 256 g/mol. The Morgan fingerprint density at radius 2 is 1.65 bits per heavy atom. The lowest BCUT2D eigenvalue weighted by atomic mass is 10.2. The van der Waals surface area contributed by atoms with Gasteiger partial charge in [0.25, 0.3) is 0 Å². The second-order valence-electron chi connectivity index (χ2n) is 5.40. The Morgan fingerprint density at radius 3 is 2.15 bits per heavy atom. The number of rotatable bonds is 5. The van der Waals surface area contributed by atoms with Gasteiger partial charge in [0.15, 0.2) is 17.3 Å². The van der Waals surface area contributed by atoms with E-state index in [1.807, 2.05) is 32.9 Å². The molecule has 0 bridgehead atoms. The average molecular weight is 276 g/mol. The molecule has 0 fully saturated rings. The molecule has 0 aliphatic rings. The van der Waals surface area contributed by atoms with Gasteiger partial charge in [0.1, 0.15) is 11.4 Å². The molecular formula is C15H20N2O3. The fraction of sp³-hybridized carbons (Fsp3) is 0.400. The maximum atomic E-state index is 11.3. The SMILES string of the molecule is CC(=O)C(=NNc1ccccc1OC(C)(C)C)C(C)=O. The summed E-state index contributed by atoms with van der Waals surface area (Å²) in [7, 11) is 0. The molecule has 0 radical (unpaired) electrons. The third-order valence-corrected chi connectivity index (χ3v) is 2.26. The molecule has 1 rings (SSSR count). The summed E-state index contributed by atoms with van der Waals surface area (Å²) in [4.78, 5) is 22.6. The van der Waals surface area contributed by atoms with E-state index < -0.39 is 0 Å². The van der Waals surface area contributed by atoms with Crippen molar-refractivity contribution in [2.75, 3.05) is 5.43 Å². The van der Waals surface area contributed by atoms with Crippen LogP contribution < -0.4 is 10.2 Å². The van der Waals surface area contributed by atoms with Gasteiger partial charge < -0.3 is 4.74 Å². The Balaban J connectivity index is 3.01. The predicted molar refractivity (Wildman–Crippen MR) is 79.2 cm³/mol. The summed E-state index contributed by atoms with van der Waals surface area (Å²) in [5.74, 6) is -0.145. The van der Waals surface area contributed by atoms with Gasteiger partial charge in [-0.3, -0.25) is 15.0 Å². The topological polar surface area (TPSA) is 67.8 Å². The van der Waals surface area contributed by atoms with Crippen LogP contribution in [0.15, 0.2) is 29.4 Å². The minimum absolute atomic E-state index is 0.115. The van der Waals surface area contributed by atoms with Gasteiger partial charge in [-0.1, -0.05) is 12.1 Å². The van der Waals surface area contributed by atoms with Crippen molar-refractivity contribution in [1.82, 2.24) is 0 Å². The summed E-state index contributed by atoms with van der Waals surface area (Å²) >= 11 is 0. The molecule has 20 heavy (non-hydrogen) atoms. The molecule has 1 aromatic carbocycles. The summed E-state index contributed by atoms with van der Waals surface area (Å²) in [6.45, 7) is 8.41. The fourth-order valence-electron chi connectivity index (χ4n) is 1.50. The second-order valence-corrected chi connectivity index (χ2v) is 5.40. The van der Waals surface area contributed by atoms with Crippen molar-refractivity contribution in [2.45, 2.75) is 40.2 Å². The van der Waals surface area contributed by atoms with Gasteiger partial charge >= 0.3 is 0 Å². The largest absolute Gasteiger partial charge is 0.486 e. The monoisotopic (exact) mass is 276 g/mol. The van der Waals surface area contributed by atoms with Gasteiger partial charge in [-0.25, -0.2) is 0 Å². The van der Waals surface area contributed by atoms with Crippen molar-refractivity contribution in [3.05, 3.63) is 24.3 Å². The lowest BCUT2D eigenvalue weighted by molar-refractivity contribution is -0.114. The Labute approximate surface area is 119 Å². The first-order chi connectivity index (χ1) is 9.20. The number of nitrogens with zero attached hydrogens (tertiary/aromatic N) is 1. The Morgan fingerprint density at radius 1 is 1.10 bits per heavy atom. The van der Waals surface area contributed by atoms with Crippen LogP contribution in [0.1, 0.15) is 34.6 Å². The number of para-hydroxylation sites is 2. The lowest BCUT2D eigenvalue weighted by Crippen LogP contribution is -2.24. The summed E-state index contributed by atoms with van der Waals surface area (Å²) in [6, 6.07) is 7.22. The molecule has 0 atom stereocenters. The number of hydrogen-bond acceptors (Lipinski definition) is 5. The van der Waals surface area contributed by atoms with E-state index in [0.717, 1.165) is 0 Å². The Bertz CT molecular complexity index is 526. The third-order valence-electron chi connectivity index (χ3n) is 2.26. The van der Waals surface area contributed by atoms with Crippen LogP contribution in [0.2, 0.25) is 0 Å². The zero-order valence-corrected chi connectivity index (χ0v) is 12.5. The number of hydrazone groups is 1. The molecule has 0 aliphatic carbocycles. The summed E-state index contributed by atoms with van der Waals surface area (Å²) < 4.78 is 5.78.